The summed E-state index contributed by atoms with van der Waals surface area (Å²) in [6.07, 6.45) is 0.366. The average molecular weight is 331 g/mol. The molecular formula is C16H27ClN2O3. The van der Waals surface area contributed by atoms with Crippen LogP contribution < -0.4 is 15.4 Å². The van der Waals surface area contributed by atoms with Crippen molar-refractivity contribution in [3.63, 3.8) is 0 Å². The molecule has 22 heavy (non-hydrogen) atoms. The third-order valence-electron chi connectivity index (χ3n) is 3.02. The first-order chi connectivity index (χ1) is 10.1. The molecular weight excluding hydrogens is 304 g/mol. The van der Waals surface area contributed by atoms with Crippen LogP contribution in [-0.2, 0) is 9.53 Å². The maximum Gasteiger partial charge on any atom is 0.223 e. The first kappa shape index (κ1) is 20.7. The van der Waals surface area contributed by atoms with Gasteiger partial charge in [-0.2, -0.15) is 0 Å². The van der Waals surface area contributed by atoms with E-state index in [2.05, 4.69) is 16.7 Å². The van der Waals surface area contributed by atoms with Gasteiger partial charge in [-0.25, -0.2) is 0 Å². The number of benzene rings is 1. The molecule has 0 aliphatic carbocycles. The predicted molar refractivity (Wildman–Crippen MR) is 91.0 cm³/mol. The van der Waals surface area contributed by atoms with Crippen LogP contribution in [0.4, 0.5) is 0 Å². The van der Waals surface area contributed by atoms with Crippen molar-refractivity contribution < 1.29 is 14.3 Å². The molecule has 126 valence electrons. The Kier molecular flexibility index (Phi) is 11.5. The summed E-state index contributed by atoms with van der Waals surface area (Å²) in [5, 5.41) is 6.01. The summed E-state index contributed by atoms with van der Waals surface area (Å²) in [4.78, 5) is 11.6. The summed E-state index contributed by atoms with van der Waals surface area (Å²) in [6.45, 7) is 7.28. The lowest BCUT2D eigenvalue weighted by molar-refractivity contribution is -0.121. The van der Waals surface area contributed by atoms with E-state index in [-0.39, 0.29) is 18.3 Å². The summed E-state index contributed by atoms with van der Waals surface area (Å²) in [5.41, 5.74) is 2.30. The number of aryl methyl sites for hydroxylation is 2. The lowest BCUT2D eigenvalue weighted by Crippen LogP contribution is -2.33. The Morgan fingerprint density at radius 1 is 1.14 bits per heavy atom. The molecule has 0 atom stereocenters. The van der Waals surface area contributed by atoms with Crippen molar-refractivity contribution in [3.8, 4) is 5.75 Å². The fourth-order valence-electron chi connectivity index (χ4n) is 1.89. The fraction of sp³-hybridized carbons (Fsp3) is 0.562. The van der Waals surface area contributed by atoms with Gasteiger partial charge >= 0.3 is 0 Å². The lowest BCUT2D eigenvalue weighted by atomic mass is 10.1. The van der Waals surface area contributed by atoms with Gasteiger partial charge < -0.3 is 20.1 Å². The van der Waals surface area contributed by atoms with Crippen molar-refractivity contribution in [2.75, 3.05) is 40.0 Å². The molecule has 2 N–H and O–H groups in total. The Morgan fingerprint density at radius 2 is 1.91 bits per heavy atom. The second-order valence-corrected chi connectivity index (χ2v) is 4.96. The number of hydrogen-bond acceptors (Lipinski definition) is 4. The molecule has 1 aromatic rings. The smallest absolute Gasteiger partial charge is 0.223 e. The second-order valence-electron chi connectivity index (χ2n) is 4.96. The van der Waals surface area contributed by atoms with Crippen LogP contribution in [0.3, 0.4) is 0 Å². The number of amides is 1. The monoisotopic (exact) mass is 330 g/mol. The van der Waals surface area contributed by atoms with Gasteiger partial charge in [0.05, 0.1) is 19.6 Å². The molecule has 0 bridgehead atoms. The highest BCUT2D eigenvalue weighted by Crippen LogP contribution is 2.18. The molecule has 1 aromatic carbocycles. The predicted octanol–water partition coefficient (Wildman–Crippen LogP) is 1.85. The van der Waals surface area contributed by atoms with E-state index in [1.165, 1.54) is 5.56 Å². The number of methoxy groups -OCH3 is 1. The van der Waals surface area contributed by atoms with Gasteiger partial charge in [-0.15, -0.1) is 12.4 Å². The van der Waals surface area contributed by atoms with Gasteiger partial charge in [-0.1, -0.05) is 17.7 Å². The van der Waals surface area contributed by atoms with Gasteiger partial charge in [0, 0.05) is 26.7 Å². The number of hydrogen-bond donors (Lipinski definition) is 2. The van der Waals surface area contributed by atoms with E-state index in [0.29, 0.717) is 26.2 Å². The molecule has 1 amide bonds. The van der Waals surface area contributed by atoms with Crippen LogP contribution in [0, 0.1) is 13.8 Å². The van der Waals surface area contributed by atoms with Gasteiger partial charge in [0.2, 0.25) is 5.91 Å². The molecule has 5 nitrogen and oxygen atoms in total. The largest absolute Gasteiger partial charge is 0.493 e. The minimum Gasteiger partial charge on any atom is -0.493 e. The van der Waals surface area contributed by atoms with Gasteiger partial charge in [0.25, 0.3) is 0 Å². The molecule has 0 fully saturated rings. The third kappa shape index (κ3) is 8.87. The van der Waals surface area contributed by atoms with Crippen molar-refractivity contribution in [2.45, 2.75) is 20.3 Å². The van der Waals surface area contributed by atoms with E-state index < -0.39 is 0 Å². The maximum absolute atomic E-state index is 11.6. The number of nitrogens with one attached hydrogen (secondary N) is 2. The minimum absolute atomic E-state index is 0. The third-order valence-corrected chi connectivity index (χ3v) is 3.02. The summed E-state index contributed by atoms with van der Waals surface area (Å²) in [5.74, 6) is 0.850. The molecule has 0 saturated heterocycles. The Morgan fingerprint density at radius 3 is 2.59 bits per heavy atom. The van der Waals surface area contributed by atoms with Gasteiger partial charge in [-0.3, -0.25) is 4.79 Å². The Balaban J connectivity index is 0.00000441. The fourth-order valence-corrected chi connectivity index (χ4v) is 1.89. The number of ether oxygens (including phenoxy) is 2. The zero-order chi connectivity index (χ0) is 15.5. The van der Waals surface area contributed by atoms with Crippen LogP contribution in [0.1, 0.15) is 17.5 Å². The summed E-state index contributed by atoms with van der Waals surface area (Å²) < 4.78 is 10.5. The molecule has 0 heterocycles. The number of carbonyl (C=O) groups excluding carboxylic acids is 1. The minimum atomic E-state index is 0. The number of rotatable bonds is 10. The molecule has 0 unspecified atom stereocenters. The van der Waals surface area contributed by atoms with Crippen molar-refractivity contribution in [1.82, 2.24) is 10.6 Å². The van der Waals surface area contributed by atoms with Crippen molar-refractivity contribution >= 4 is 18.3 Å². The van der Waals surface area contributed by atoms with Gasteiger partial charge in [0.1, 0.15) is 5.75 Å². The average Bonchev–Trinajstić information content (AvgIpc) is 2.45. The second kappa shape index (κ2) is 12.3. The summed E-state index contributed by atoms with van der Waals surface area (Å²) >= 11 is 0. The van der Waals surface area contributed by atoms with Crippen LogP contribution in [0.25, 0.3) is 0 Å². The summed E-state index contributed by atoms with van der Waals surface area (Å²) in [7, 11) is 1.67. The quantitative estimate of drug-likeness (QED) is 0.643. The topological polar surface area (TPSA) is 59.6 Å². The molecule has 0 spiro atoms. The van der Waals surface area contributed by atoms with Crippen LogP contribution in [-0.4, -0.2) is 45.9 Å². The molecule has 6 heteroatoms. The van der Waals surface area contributed by atoms with Crippen LogP contribution in [0.5, 0.6) is 5.75 Å². The van der Waals surface area contributed by atoms with E-state index in [0.717, 1.165) is 24.4 Å². The zero-order valence-corrected chi connectivity index (χ0v) is 14.4. The highest BCUT2D eigenvalue weighted by Gasteiger charge is 2.03. The van der Waals surface area contributed by atoms with Crippen LogP contribution in [0.2, 0.25) is 0 Å². The molecule has 0 aliphatic rings. The first-order valence-corrected chi connectivity index (χ1v) is 7.30. The van der Waals surface area contributed by atoms with Gasteiger partial charge in [0.15, 0.2) is 0 Å². The van der Waals surface area contributed by atoms with Crippen LogP contribution >= 0.6 is 12.4 Å². The number of carbonyl (C=O) groups is 1. The van der Waals surface area contributed by atoms with E-state index >= 15 is 0 Å². The highest BCUT2D eigenvalue weighted by molar-refractivity contribution is 5.85. The Hall–Kier alpha value is -1.30. The maximum atomic E-state index is 11.6. The van der Waals surface area contributed by atoms with Crippen molar-refractivity contribution in [3.05, 3.63) is 29.3 Å². The van der Waals surface area contributed by atoms with E-state index in [1.54, 1.807) is 7.11 Å². The van der Waals surface area contributed by atoms with Gasteiger partial charge in [-0.05, 0) is 25.5 Å². The summed E-state index contributed by atoms with van der Waals surface area (Å²) in [6, 6.07) is 6.03. The molecule has 0 aliphatic heterocycles. The first-order valence-electron chi connectivity index (χ1n) is 7.30. The molecule has 1 rings (SSSR count). The number of halogens is 1. The van der Waals surface area contributed by atoms with E-state index in [4.69, 9.17) is 9.47 Å². The normalized spacial score (nSPS) is 9.95. The molecule has 0 radical (unpaired) electrons. The lowest BCUT2D eigenvalue weighted by Gasteiger charge is -2.10. The Bertz CT molecular complexity index is 441. The van der Waals surface area contributed by atoms with E-state index in [1.807, 2.05) is 26.0 Å². The van der Waals surface area contributed by atoms with Crippen LogP contribution in [0.15, 0.2) is 18.2 Å². The molecule has 0 aromatic heterocycles. The zero-order valence-electron chi connectivity index (χ0n) is 13.6. The van der Waals surface area contributed by atoms with Crippen molar-refractivity contribution in [1.29, 1.82) is 0 Å². The Labute approximate surface area is 139 Å². The van der Waals surface area contributed by atoms with Crippen molar-refractivity contribution in [2.24, 2.45) is 0 Å². The highest BCUT2D eigenvalue weighted by atomic mass is 35.5. The van der Waals surface area contributed by atoms with E-state index in [9.17, 15) is 4.79 Å². The SMILES string of the molecule is COCCNCCNC(=O)CCOc1ccc(C)cc1C.Cl. The standard InChI is InChI=1S/C16H26N2O3.ClH/c1-13-4-5-15(14(2)12-13)21-10-6-16(19)18-8-7-17-9-11-20-3;/h4-5,12,17H,6-11H2,1-3H3,(H,18,19);1H. The molecule has 0 saturated carbocycles.